The van der Waals surface area contributed by atoms with Crippen molar-refractivity contribution in [3.05, 3.63) is 29.8 Å². The molecule has 2 aromatic rings. The van der Waals surface area contributed by atoms with Gasteiger partial charge < -0.3 is 10.0 Å². The van der Waals surface area contributed by atoms with Crippen molar-refractivity contribution in [2.45, 2.75) is 63.6 Å². The third-order valence-electron chi connectivity index (χ3n) is 5.58. The van der Waals surface area contributed by atoms with Crippen molar-refractivity contribution in [1.82, 2.24) is 29.7 Å². The predicted molar refractivity (Wildman–Crippen MR) is 94.6 cm³/mol. The Morgan fingerprint density at radius 3 is 2.81 bits per heavy atom. The van der Waals surface area contributed by atoms with Crippen LogP contribution in [-0.4, -0.2) is 53.8 Å². The molecular formula is C18H26N6O2. The fraction of sp³-hybridized carbons (Fsp3) is 0.667. The Morgan fingerprint density at radius 2 is 2.12 bits per heavy atom. The van der Waals surface area contributed by atoms with E-state index in [1.54, 1.807) is 21.8 Å². The molecule has 8 nitrogen and oxygen atoms in total. The second-order valence-electron chi connectivity index (χ2n) is 7.81. The van der Waals surface area contributed by atoms with Crippen LogP contribution in [0.1, 0.15) is 74.2 Å². The highest BCUT2D eigenvalue weighted by Gasteiger charge is 2.42. The zero-order valence-corrected chi connectivity index (χ0v) is 15.4. The molecule has 0 aromatic carbocycles. The lowest BCUT2D eigenvalue weighted by molar-refractivity contribution is 0.0379. The first-order valence-electron chi connectivity index (χ1n) is 9.45. The van der Waals surface area contributed by atoms with Gasteiger partial charge in [0.15, 0.2) is 0 Å². The average Bonchev–Trinajstić information content (AvgIpc) is 3.38. The molecule has 26 heavy (non-hydrogen) atoms. The number of hydrogen-bond donors (Lipinski definition) is 1. The van der Waals surface area contributed by atoms with Crippen LogP contribution in [-0.2, 0) is 5.60 Å². The minimum Gasteiger partial charge on any atom is -0.381 e. The zero-order chi connectivity index (χ0) is 18.3. The first-order valence-corrected chi connectivity index (χ1v) is 9.45. The number of hydrogen-bond acceptors (Lipinski definition) is 5. The summed E-state index contributed by atoms with van der Waals surface area (Å²) in [5.74, 6) is -0.131. The fourth-order valence-corrected chi connectivity index (χ4v) is 3.90. The van der Waals surface area contributed by atoms with Crippen molar-refractivity contribution in [3.8, 4) is 0 Å². The molecule has 2 aromatic heterocycles. The van der Waals surface area contributed by atoms with Gasteiger partial charge in [-0.05, 0) is 32.8 Å². The lowest BCUT2D eigenvalue weighted by atomic mass is 10.00. The molecule has 2 fully saturated rings. The lowest BCUT2D eigenvalue weighted by Crippen LogP contribution is -2.35. The number of carbonyl (C=O) groups is 1. The van der Waals surface area contributed by atoms with Crippen LogP contribution in [0.25, 0.3) is 0 Å². The summed E-state index contributed by atoms with van der Waals surface area (Å²) in [5.41, 5.74) is -0.165. The van der Waals surface area contributed by atoms with Gasteiger partial charge in [0.05, 0.1) is 18.8 Å². The largest absolute Gasteiger partial charge is 0.381 e. The van der Waals surface area contributed by atoms with Crippen LogP contribution >= 0.6 is 0 Å². The van der Waals surface area contributed by atoms with Gasteiger partial charge in [-0.2, -0.15) is 5.10 Å². The molecule has 0 spiro atoms. The molecular weight excluding hydrogens is 332 g/mol. The zero-order valence-electron chi connectivity index (χ0n) is 15.4. The number of aromatic nitrogens is 5. The summed E-state index contributed by atoms with van der Waals surface area (Å²) in [6, 6.07) is 2.38. The van der Waals surface area contributed by atoms with Crippen molar-refractivity contribution in [2.24, 2.45) is 0 Å². The second-order valence-corrected chi connectivity index (χ2v) is 7.81. The number of amides is 1. The first kappa shape index (κ1) is 17.2. The molecule has 4 rings (SSSR count). The molecule has 1 unspecified atom stereocenters. The summed E-state index contributed by atoms with van der Waals surface area (Å²) in [6.07, 6.45) is 8.84. The number of carbonyl (C=O) groups excluding carboxylic acids is 1. The van der Waals surface area contributed by atoms with Crippen molar-refractivity contribution >= 4 is 5.91 Å². The number of likely N-dealkylation sites (tertiary alicyclic amines) is 1. The Morgan fingerprint density at radius 1 is 1.35 bits per heavy atom. The minimum absolute atomic E-state index is 0.131. The van der Waals surface area contributed by atoms with E-state index in [0.29, 0.717) is 30.4 Å². The molecule has 1 N–H and O–H groups in total. The van der Waals surface area contributed by atoms with Crippen LogP contribution in [0.5, 0.6) is 0 Å². The Bertz CT molecular complexity index is 791. The van der Waals surface area contributed by atoms with E-state index in [-0.39, 0.29) is 18.5 Å². The van der Waals surface area contributed by atoms with Crippen molar-refractivity contribution in [2.75, 3.05) is 13.1 Å². The average molecular weight is 358 g/mol. The number of β-amino-alcohol motifs (C(OH)–C–C–N with tert-alkyl or cyclic N) is 1. The van der Waals surface area contributed by atoms with E-state index in [0.717, 1.165) is 12.8 Å². The van der Waals surface area contributed by atoms with Gasteiger partial charge in [0.25, 0.3) is 5.91 Å². The molecule has 1 atom stereocenters. The van der Waals surface area contributed by atoms with Gasteiger partial charge >= 0.3 is 0 Å². The van der Waals surface area contributed by atoms with Crippen LogP contribution in [0.15, 0.2) is 18.5 Å². The smallest absolute Gasteiger partial charge is 0.274 e. The number of aliphatic hydroxyl groups is 1. The van der Waals surface area contributed by atoms with Gasteiger partial charge in [0, 0.05) is 25.2 Å². The summed E-state index contributed by atoms with van der Waals surface area (Å²) in [6.45, 7) is 4.72. The van der Waals surface area contributed by atoms with Crippen LogP contribution in [0.4, 0.5) is 0 Å². The first-order chi connectivity index (χ1) is 12.5. The topological polar surface area (TPSA) is 89.1 Å². The molecule has 0 radical (unpaired) electrons. The van der Waals surface area contributed by atoms with Gasteiger partial charge in [0.1, 0.15) is 17.0 Å². The maximum Gasteiger partial charge on any atom is 0.274 e. The minimum atomic E-state index is -1.14. The van der Waals surface area contributed by atoms with Gasteiger partial charge in [-0.25, -0.2) is 4.68 Å². The summed E-state index contributed by atoms with van der Waals surface area (Å²) < 4.78 is 3.65. The summed E-state index contributed by atoms with van der Waals surface area (Å²) in [7, 11) is 0. The summed E-state index contributed by atoms with van der Waals surface area (Å²) >= 11 is 0. The van der Waals surface area contributed by atoms with E-state index in [2.05, 4.69) is 15.4 Å². The Hall–Kier alpha value is -2.22. The van der Waals surface area contributed by atoms with Crippen LogP contribution < -0.4 is 0 Å². The van der Waals surface area contributed by atoms with Gasteiger partial charge in [-0.3, -0.25) is 9.48 Å². The third-order valence-corrected chi connectivity index (χ3v) is 5.58. The van der Waals surface area contributed by atoms with Crippen LogP contribution in [0, 0.1) is 0 Å². The summed E-state index contributed by atoms with van der Waals surface area (Å²) in [4.78, 5) is 14.5. The molecule has 1 aliphatic heterocycles. The number of rotatable bonds is 4. The SMILES string of the molecule is CC(C)n1cc(C2(O)CCN(C(=O)c3ccn(C4CCCC4)n3)C2)nn1. The monoisotopic (exact) mass is 358 g/mol. The molecule has 140 valence electrons. The van der Waals surface area contributed by atoms with Gasteiger partial charge in [-0.15, -0.1) is 5.10 Å². The van der Waals surface area contributed by atoms with Crippen molar-refractivity contribution < 1.29 is 9.90 Å². The van der Waals surface area contributed by atoms with E-state index in [9.17, 15) is 9.90 Å². The van der Waals surface area contributed by atoms with E-state index in [4.69, 9.17) is 0 Å². The summed E-state index contributed by atoms with van der Waals surface area (Å²) in [5, 5.41) is 23.7. The van der Waals surface area contributed by atoms with Gasteiger partial charge in [0.2, 0.25) is 0 Å². The molecule has 1 saturated carbocycles. The highest BCUT2D eigenvalue weighted by Crippen LogP contribution is 2.32. The van der Waals surface area contributed by atoms with E-state index in [1.165, 1.54) is 12.8 Å². The van der Waals surface area contributed by atoms with Crippen LogP contribution in [0.2, 0.25) is 0 Å². The third kappa shape index (κ3) is 3.02. The molecule has 1 aliphatic carbocycles. The van der Waals surface area contributed by atoms with E-state index < -0.39 is 5.60 Å². The normalized spacial score (nSPS) is 24.1. The number of nitrogens with zero attached hydrogens (tertiary/aromatic N) is 6. The van der Waals surface area contributed by atoms with E-state index in [1.807, 2.05) is 24.7 Å². The van der Waals surface area contributed by atoms with Gasteiger partial charge in [-0.1, -0.05) is 18.1 Å². The lowest BCUT2D eigenvalue weighted by Gasteiger charge is -2.20. The highest BCUT2D eigenvalue weighted by atomic mass is 16.3. The van der Waals surface area contributed by atoms with Crippen LogP contribution in [0.3, 0.4) is 0 Å². The molecule has 3 heterocycles. The molecule has 1 amide bonds. The molecule has 8 heteroatoms. The van der Waals surface area contributed by atoms with Crippen molar-refractivity contribution in [3.63, 3.8) is 0 Å². The van der Waals surface area contributed by atoms with Crippen molar-refractivity contribution in [1.29, 1.82) is 0 Å². The predicted octanol–water partition coefficient (Wildman–Crippen LogP) is 1.90. The Labute approximate surface area is 152 Å². The molecule has 0 bridgehead atoms. The fourth-order valence-electron chi connectivity index (χ4n) is 3.90. The van der Waals surface area contributed by atoms with E-state index >= 15 is 0 Å². The Kier molecular flexibility index (Phi) is 4.30. The molecule has 1 saturated heterocycles. The highest BCUT2D eigenvalue weighted by molar-refractivity contribution is 5.92. The Balaban J connectivity index is 1.46. The maximum atomic E-state index is 12.8. The second kappa shape index (κ2) is 6.50. The maximum absolute atomic E-state index is 12.8. The quantitative estimate of drug-likeness (QED) is 0.902. The molecule has 2 aliphatic rings. The standard InChI is InChI=1S/C18H26N6O2/c1-13(2)24-11-16(19-21-24)18(26)8-10-22(12-18)17(25)15-7-9-23(20-15)14-5-3-4-6-14/h7,9,11,13-14,26H,3-6,8,10,12H2,1-2H3.